The van der Waals surface area contributed by atoms with E-state index >= 15 is 0 Å². The number of hydrogen-bond acceptors (Lipinski definition) is 5. The maximum atomic E-state index is 12.5. The Morgan fingerprint density at radius 2 is 1.74 bits per heavy atom. The van der Waals surface area contributed by atoms with Gasteiger partial charge in [-0.15, -0.1) is 24.0 Å². The highest BCUT2D eigenvalue weighted by Crippen LogP contribution is 2.29. The lowest BCUT2D eigenvalue weighted by molar-refractivity contribution is -0.137. The molecule has 0 radical (unpaired) electrons. The molecule has 2 aromatic rings. The van der Waals surface area contributed by atoms with Crippen molar-refractivity contribution < 1.29 is 27.4 Å². The Morgan fingerprint density at radius 1 is 1.03 bits per heavy atom. The predicted octanol–water partition coefficient (Wildman–Crippen LogP) is 3.52. The molecule has 0 saturated heterocycles. The molecule has 1 aromatic carbocycles. The van der Waals surface area contributed by atoms with E-state index in [2.05, 4.69) is 20.6 Å². The van der Waals surface area contributed by atoms with Gasteiger partial charge < -0.3 is 24.8 Å². The topological polar surface area (TPSA) is 77.0 Å². The number of halogens is 4. The van der Waals surface area contributed by atoms with Crippen LogP contribution in [0.1, 0.15) is 11.1 Å². The van der Waals surface area contributed by atoms with Crippen LogP contribution in [0.5, 0.6) is 17.4 Å². The Morgan fingerprint density at radius 3 is 2.32 bits per heavy atom. The standard InChI is InChI=1S/C20H25F3N4O3.HI/c1-24-19(25-9-8-14-4-6-16(28-2)17(12-14)29-3)26-10-11-30-18-7-5-15(13-27-18)20(21,22)23;/h4-7,12-13H,8-11H2,1-3H3,(H2,24,25,26);1H. The minimum Gasteiger partial charge on any atom is -0.493 e. The van der Waals surface area contributed by atoms with E-state index in [1.54, 1.807) is 21.3 Å². The molecule has 2 N–H and O–H groups in total. The zero-order valence-corrected chi connectivity index (χ0v) is 19.8. The third kappa shape index (κ3) is 8.67. The van der Waals surface area contributed by atoms with Gasteiger partial charge in [0, 0.05) is 25.9 Å². The van der Waals surface area contributed by atoms with Gasteiger partial charge in [0.1, 0.15) is 6.61 Å². The second kappa shape index (κ2) is 13.1. The molecule has 0 fully saturated rings. The minimum atomic E-state index is -4.41. The van der Waals surface area contributed by atoms with E-state index in [4.69, 9.17) is 14.2 Å². The highest BCUT2D eigenvalue weighted by Gasteiger charge is 2.30. The van der Waals surface area contributed by atoms with Gasteiger partial charge in [-0.2, -0.15) is 13.2 Å². The van der Waals surface area contributed by atoms with E-state index in [9.17, 15) is 13.2 Å². The summed E-state index contributed by atoms with van der Waals surface area (Å²) < 4.78 is 53.4. The van der Waals surface area contributed by atoms with Crippen molar-refractivity contribution in [3.05, 3.63) is 47.7 Å². The summed E-state index contributed by atoms with van der Waals surface area (Å²) in [5.41, 5.74) is 0.263. The highest BCUT2D eigenvalue weighted by atomic mass is 127. The van der Waals surface area contributed by atoms with E-state index in [0.717, 1.165) is 24.2 Å². The molecule has 0 bridgehead atoms. The molecule has 1 heterocycles. The van der Waals surface area contributed by atoms with Gasteiger partial charge in [-0.05, 0) is 30.2 Å². The first-order chi connectivity index (χ1) is 14.4. The predicted molar refractivity (Wildman–Crippen MR) is 123 cm³/mol. The molecule has 2 rings (SSSR count). The van der Waals surface area contributed by atoms with E-state index in [-0.39, 0.29) is 36.5 Å². The molecule has 0 spiro atoms. The number of nitrogens with one attached hydrogen (secondary N) is 2. The summed E-state index contributed by atoms with van der Waals surface area (Å²) in [5, 5.41) is 6.24. The van der Waals surface area contributed by atoms with Gasteiger partial charge >= 0.3 is 6.18 Å². The van der Waals surface area contributed by atoms with Crippen molar-refractivity contribution in [1.29, 1.82) is 0 Å². The lowest BCUT2D eigenvalue weighted by atomic mass is 10.1. The molecule has 7 nitrogen and oxygen atoms in total. The number of guanidine groups is 1. The Bertz CT molecular complexity index is 833. The Kier molecular flexibility index (Phi) is 11.2. The first-order valence-corrected chi connectivity index (χ1v) is 9.19. The second-order valence-electron chi connectivity index (χ2n) is 6.10. The molecule has 0 atom stereocenters. The fourth-order valence-electron chi connectivity index (χ4n) is 2.54. The molecular formula is C20H26F3IN4O3. The largest absolute Gasteiger partial charge is 0.493 e. The number of methoxy groups -OCH3 is 2. The van der Waals surface area contributed by atoms with Crippen molar-refractivity contribution in [2.75, 3.05) is 41.0 Å². The molecule has 0 aliphatic carbocycles. The van der Waals surface area contributed by atoms with Crippen LogP contribution in [0.25, 0.3) is 0 Å². The van der Waals surface area contributed by atoms with Crippen molar-refractivity contribution in [3.8, 4) is 17.4 Å². The number of hydrogen-bond donors (Lipinski definition) is 2. The van der Waals surface area contributed by atoms with E-state index in [0.29, 0.717) is 30.5 Å². The lowest BCUT2D eigenvalue weighted by Crippen LogP contribution is -2.40. The van der Waals surface area contributed by atoms with Crippen molar-refractivity contribution in [2.45, 2.75) is 12.6 Å². The first-order valence-electron chi connectivity index (χ1n) is 9.19. The van der Waals surface area contributed by atoms with Gasteiger partial charge in [0.2, 0.25) is 5.88 Å². The second-order valence-corrected chi connectivity index (χ2v) is 6.10. The van der Waals surface area contributed by atoms with Gasteiger partial charge in [0.15, 0.2) is 17.5 Å². The van der Waals surface area contributed by atoms with Gasteiger partial charge in [-0.1, -0.05) is 6.07 Å². The van der Waals surface area contributed by atoms with Crippen LogP contribution in [0.15, 0.2) is 41.5 Å². The molecule has 1 aromatic heterocycles. The summed E-state index contributed by atoms with van der Waals surface area (Å²) >= 11 is 0. The molecule has 172 valence electrons. The number of alkyl halides is 3. The molecular weight excluding hydrogens is 528 g/mol. The minimum absolute atomic E-state index is 0. The summed E-state index contributed by atoms with van der Waals surface area (Å²) in [6.07, 6.45) is -2.92. The Labute approximate surface area is 196 Å². The quantitative estimate of drug-likeness (QED) is 0.214. The molecule has 31 heavy (non-hydrogen) atoms. The van der Waals surface area contributed by atoms with Crippen molar-refractivity contribution in [3.63, 3.8) is 0 Å². The number of aromatic nitrogens is 1. The van der Waals surface area contributed by atoms with Crippen LogP contribution >= 0.6 is 24.0 Å². The lowest BCUT2D eigenvalue weighted by Gasteiger charge is -2.13. The van der Waals surface area contributed by atoms with Crippen molar-refractivity contribution in [1.82, 2.24) is 15.6 Å². The van der Waals surface area contributed by atoms with Crippen LogP contribution in [0.4, 0.5) is 13.2 Å². The van der Waals surface area contributed by atoms with Crippen LogP contribution in [0.2, 0.25) is 0 Å². The molecule has 0 unspecified atom stereocenters. The zero-order chi connectivity index (χ0) is 22.0. The first kappa shape index (κ1) is 26.6. The SMILES string of the molecule is CN=C(NCCOc1ccc(C(F)(F)F)cn1)NCCc1ccc(OC)c(OC)c1.I. The van der Waals surface area contributed by atoms with Gasteiger partial charge in [-0.25, -0.2) is 4.98 Å². The van der Waals surface area contributed by atoms with Crippen LogP contribution in [-0.2, 0) is 12.6 Å². The highest BCUT2D eigenvalue weighted by molar-refractivity contribution is 14.0. The van der Waals surface area contributed by atoms with Crippen LogP contribution in [0, 0.1) is 0 Å². The smallest absolute Gasteiger partial charge is 0.417 e. The maximum absolute atomic E-state index is 12.5. The van der Waals surface area contributed by atoms with Gasteiger partial charge in [0.25, 0.3) is 0 Å². The van der Waals surface area contributed by atoms with E-state index in [1.165, 1.54) is 6.07 Å². The number of nitrogens with zero attached hydrogens (tertiary/aromatic N) is 2. The summed E-state index contributed by atoms with van der Waals surface area (Å²) in [4.78, 5) is 7.77. The third-order valence-corrected chi connectivity index (χ3v) is 4.09. The van der Waals surface area contributed by atoms with Crippen LogP contribution in [0.3, 0.4) is 0 Å². The number of pyridine rings is 1. The fourth-order valence-corrected chi connectivity index (χ4v) is 2.54. The molecule has 11 heteroatoms. The number of rotatable bonds is 9. The monoisotopic (exact) mass is 554 g/mol. The van der Waals surface area contributed by atoms with Crippen molar-refractivity contribution in [2.24, 2.45) is 4.99 Å². The van der Waals surface area contributed by atoms with Crippen molar-refractivity contribution >= 4 is 29.9 Å². The van der Waals surface area contributed by atoms with E-state index < -0.39 is 11.7 Å². The average molecular weight is 554 g/mol. The maximum Gasteiger partial charge on any atom is 0.417 e. The third-order valence-electron chi connectivity index (χ3n) is 4.09. The number of aliphatic imine (C=N–C) groups is 1. The molecule has 0 aliphatic rings. The van der Waals surface area contributed by atoms with Crippen LogP contribution in [-0.4, -0.2) is 51.9 Å². The number of ether oxygens (including phenoxy) is 3. The van der Waals surface area contributed by atoms with E-state index in [1.807, 2.05) is 18.2 Å². The average Bonchev–Trinajstić information content (AvgIpc) is 2.74. The Balaban J connectivity index is 0.00000480. The normalized spacial score (nSPS) is 11.4. The molecule has 0 saturated carbocycles. The number of benzene rings is 1. The Hall–Kier alpha value is -2.44. The summed E-state index contributed by atoms with van der Waals surface area (Å²) in [5.74, 6) is 2.06. The zero-order valence-electron chi connectivity index (χ0n) is 17.5. The summed E-state index contributed by atoms with van der Waals surface area (Å²) in [6.45, 7) is 1.25. The molecule has 0 amide bonds. The van der Waals surface area contributed by atoms with Gasteiger partial charge in [-0.3, -0.25) is 4.99 Å². The summed E-state index contributed by atoms with van der Waals surface area (Å²) in [6, 6.07) is 7.86. The molecule has 0 aliphatic heterocycles. The fraction of sp³-hybridized carbons (Fsp3) is 0.400. The van der Waals surface area contributed by atoms with Crippen LogP contribution < -0.4 is 24.8 Å². The summed E-state index contributed by atoms with van der Waals surface area (Å²) in [7, 11) is 4.82. The van der Waals surface area contributed by atoms with Gasteiger partial charge in [0.05, 0.1) is 26.3 Å².